The van der Waals surface area contributed by atoms with Crippen LogP contribution in [0.4, 0.5) is 4.53 Å². The largest absolute Gasteiger partial charge is 0.365 e. The molecule has 4 heteroatoms. The van der Waals surface area contributed by atoms with Gasteiger partial charge in [-0.2, -0.15) is 0 Å². The maximum atomic E-state index is 11.1. The zero-order valence-electron chi connectivity index (χ0n) is 4.89. The minimum Gasteiger partial charge on any atom is -0.304 e. The summed E-state index contributed by atoms with van der Waals surface area (Å²) in [6.07, 6.45) is 1.60. The molecule has 1 aliphatic heterocycles. The summed E-state index contributed by atoms with van der Waals surface area (Å²) < 4.78 is 11.1. The van der Waals surface area contributed by atoms with Crippen LogP contribution in [0.5, 0.6) is 0 Å². The van der Waals surface area contributed by atoms with Crippen molar-refractivity contribution >= 4 is 5.97 Å². The fourth-order valence-corrected chi connectivity index (χ4v) is 0.939. The van der Waals surface area contributed by atoms with E-state index >= 15 is 0 Å². The van der Waals surface area contributed by atoms with Crippen LogP contribution in [-0.2, 0) is 9.74 Å². The topological polar surface area (TPSA) is 38.3 Å². The molecule has 0 aromatic rings. The van der Waals surface area contributed by atoms with Gasteiger partial charge in [0.15, 0.2) is 0 Å². The predicted molar refractivity (Wildman–Crippen MR) is 28.2 cm³/mol. The lowest BCUT2D eigenvalue weighted by Crippen LogP contribution is -2.30. The molecule has 1 aliphatic rings. The highest BCUT2D eigenvalue weighted by Crippen LogP contribution is 2.05. The summed E-state index contributed by atoms with van der Waals surface area (Å²) in [5, 5.41) is 2.79. The molecule has 1 saturated heterocycles. The Kier molecular flexibility index (Phi) is 2.00. The third-order valence-electron chi connectivity index (χ3n) is 1.42. The minimum absolute atomic E-state index is 0.407. The second-order valence-electron chi connectivity index (χ2n) is 2.05. The zero-order valence-corrected chi connectivity index (χ0v) is 4.89. The molecule has 52 valence electrons. The summed E-state index contributed by atoms with van der Waals surface area (Å²) in [7, 11) is 0. The molecule has 0 spiro atoms. The van der Waals surface area contributed by atoms with E-state index in [1.807, 2.05) is 0 Å². The van der Waals surface area contributed by atoms with Gasteiger partial charge in [-0.15, -0.1) is 0 Å². The van der Waals surface area contributed by atoms with E-state index in [4.69, 9.17) is 0 Å². The van der Waals surface area contributed by atoms with Crippen molar-refractivity contribution in [3.05, 3.63) is 0 Å². The van der Waals surface area contributed by atoms with Gasteiger partial charge in [-0.3, -0.25) is 4.94 Å². The summed E-state index contributed by atoms with van der Waals surface area (Å²) in [5.41, 5.74) is 0. The average molecular weight is 133 g/mol. The van der Waals surface area contributed by atoms with Gasteiger partial charge in [0.2, 0.25) is 0 Å². The van der Waals surface area contributed by atoms with Crippen molar-refractivity contribution in [1.29, 1.82) is 0 Å². The van der Waals surface area contributed by atoms with Gasteiger partial charge < -0.3 is 5.32 Å². The van der Waals surface area contributed by atoms with Crippen molar-refractivity contribution in [2.45, 2.75) is 18.9 Å². The summed E-state index contributed by atoms with van der Waals surface area (Å²) >= 11 is 0. The standard InChI is InChI=1S/C5H8FNO2/c6-9-5(8)4-2-1-3-7-4/h4,7H,1-3H2/t4-/m0/s1. The fraction of sp³-hybridized carbons (Fsp3) is 0.800. The Balaban J connectivity index is 2.32. The van der Waals surface area contributed by atoms with E-state index in [-0.39, 0.29) is 0 Å². The summed E-state index contributed by atoms with van der Waals surface area (Å²) in [6.45, 7) is 0.778. The maximum absolute atomic E-state index is 11.1. The van der Waals surface area contributed by atoms with Gasteiger partial charge in [0, 0.05) is 4.53 Å². The van der Waals surface area contributed by atoms with Crippen molar-refractivity contribution in [1.82, 2.24) is 5.32 Å². The van der Waals surface area contributed by atoms with E-state index < -0.39 is 12.0 Å². The molecule has 0 aliphatic carbocycles. The lowest BCUT2D eigenvalue weighted by atomic mass is 10.2. The molecule has 1 fully saturated rings. The van der Waals surface area contributed by atoms with Crippen LogP contribution in [0.3, 0.4) is 0 Å². The molecule has 9 heavy (non-hydrogen) atoms. The van der Waals surface area contributed by atoms with Gasteiger partial charge in [-0.25, -0.2) is 4.79 Å². The number of hydrogen-bond donors (Lipinski definition) is 1. The van der Waals surface area contributed by atoms with Crippen LogP contribution in [-0.4, -0.2) is 18.6 Å². The van der Waals surface area contributed by atoms with Gasteiger partial charge >= 0.3 is 5.97 Å². The highest BCUT2D eigenvalue weighted by molar-refractivity contribution is 5.75. The Bertz CT molecular complexity index is 112. The van der Waals surface area contributed by atoms with Crippen LogP contribution in [0, 0.1) is 0 Å². The molecule has 0 radical (unpaired) electrons. The number of carbonyl (C=O) groups is 1. The zero-order chi connectivity index (χ0) is 6.69. The Morgan fingerprint density at radius 1 is 1.78 bits per heavy atom. The van der Waals surface area contributed by atoms with Gasteiger partial charge in [-0.1, -0.05) is 0 Å². The molecule has 0 amide bonds. The Morgan fingerprint density at radius 2 is 2.56 bits per heavy atom. The van der Waals surface area contributed by atoms with Crippen LogP contribution in [0.1, 0.15) is 12.8 Å². The molecule has 0 bridgehead atoms. The number of carbonyl (C=O) groups excluding carboxylic acids is 1. The molecule has 0 aromatic heterocycles. The Hall–Kier alpha value is -0.640. The molecule has 1 heterocycles. The monoisotopic (exact) mass is 133 g/mol. The first-order chi connectivity index (χ1) is 4.34. The number of rotatable bonds is 1. The highest BCUT2D eigenvalue weighted by Gasteiger charge is 2.23. The number of hydrogen-bond acceptors (Lipinski definition) is 3. The Labute approximate surface area is 52.1 Å². The van der Waals surface area contributed by atoms with Gasteiger partial charge in [0.25, 0.3) is 0 Å². The quantitative estimate of drug-likeness (QED) is 0.554. The molecular weight excluding hydrogens is 125 g/mol. The molecule has 1 N–H and O–H groups in total. The van der Waals surface area contributed by atoms with Crippen LogP contribution >= 0.6 is 0 Å². The minimum atomic E-state index is -0.799. The Morgan fingerprint density at radius 3 is 3.00 bits per heavy atom. The van der Waals surface area contributed by atoms with E-state index in [0.29, 0.717) is 6.42 Å². The van der Waals surface area contributed by atoms with Crippen LogP contribution < -0.4 is 5.32 Å². The molecule has 1 atom stereocenters. The predicted octanol–water partition coefficient (Wildman–Crippen LogP) is 0.166. The number of halogens is 1. The maximum Gasteiger partial charge on any atom is 0.365 e. The normalized spacial score (nSPS) is 26.1. The molecule has 0 saturated carbocycles. The van der Waals surface area contributed by atoms with Gasteiger partial charge in [0.05, 0.1) is 0 Å². The van der Waals surface area contributed by atoms with E-state index in [9.17, 15) is 9.32 Å². The van der Waals surface area contributed by atoms with E-state index in [2.05, 4.69) is 10.3 Å². The van der Waals surface area contributed by atoms with E-state index in [0.717, 1.165) is 13.0 Å². The van der Waals surface area contributed by atoms with Crippen molar-refractivity contribution in [2.24, 2.45) is 0 Å². The second kappa shape index (κ2) is 2.77. The first-order valence-electron chi connectivity index (χ1n) is 2.90. The fourth-order valence-electron chi connectivity index (χ4n) is 0.939. The van der Waals surface area contributed by atoms with Crippen molar-refractivity contribution in [3.8, 4) is 0 Å². The van der Waals surface area contributed by atoms with Crippen LogP contribution in [0.25, 0.3) is 0 Å². The second-order valence-corrected chi connectivity index (χ2v) is 2.05. The molecule has 0 unspecified atom stereocenters. The lowest BCUT2D eigenvalue weighted by molar-refractivity contribution is -0.185. The van der Waals surface area contributed by atoms with Crippen LogP contribution in [0.2, 0.25) is 0 Å². The first-order valence-corrected chi connectivity index (χ1v) is 2.90. The summed E-state index contributed by atoms with van der Waals surface area (Å²) in [6, 6.07) is -0.407. The molecule has 0 aromatic carbocycles. The highest BCUT2D eigenvalue weighted by atomic mass is 19.3. The molecule has 1 rings (SSSR count). The smallest absolute Gasteiger partial charge is 0.304 e. The molecule has 3 nitrogen and oxygen atoms in total. The number of nitrogens with one attached hydrogen (secondary N) is 1. The van der Waals surface area contributed by atoms with E-state index in [1.54, 1.807) is 0 Å². The summed E-state index contributed by atoms with van der Waals surface area (Å²) in [5.74, 6) is -0.799. The SMILES string of the molecule is O=C(OF)[C@@H]1CCCN1. The van der Waals surface area contributed by atoms with Crippen molar-refractivity contribution < 1.29 is 14.3 Å². The van der Waals surface area contributed by atoms with Crippen molar-refractivity contribution in [2.75, 3.05) is 6.54 Å². The average Bonchev–Trinajstić information content (AvgIpc) is 2.37. The third kappa shape index (κ3) is 1.38. The van der Waals surface area contributed by atoms with Gasteiger partial charge in [-0.05, 0) is 19.4 Å². The van der Waals surface area contributed by atoms with Crippen LogP contribution in [0.15, 0.2) is 0 Å². The first kappa shape index (κ1) is 6.48. The molecular formula is C5H8FNO2. The van der Waals surface area contributed by atoms with Crippen molar-refractivity contribution in [3.63, 3.8) is 0 Å². The lowest BCUT2D eigenvalue weighted by Gasteiger charge is -2.01. The van der Waals surface area contributed by atoms with Gasteiger partial charge in [0.1, 0.15) is 6.04 Å². The summed E-state index contributed by atoms with van der Waals surface area (Å²) in [4.78, 5) is 13.4. The third-order valence-corrected chi connectivity index (χ3v) is 1.42. The van der Waals surface area contributed by atoms with E-state index in [1.165, 1.54) is 0 Å².